The molecule has 0 radical (unpaired) electrons. The summed E-state index contributed by atoms with van der Waals surface area (Å²) < 4.78 is 25.9. The Balaban J connectivity index is 1.15. The van der Waals surface area contributed by atoms with Gasteiger partial charge < -0.3 is 29.4 Å². The molecule has 2 atom stereocenters. The fourth-order valence-corrected chi connectivity index (χ4v) is 7.15. The van der Waals surface area contributed by atoms with Crippen LogP contribution in [-0.2, 0) is 35.6 Å². The van der Waals surface area contributed by atoms with Gasteiger partial charge in [-0.1, -0.05) is 131 Å². The minimum Gasteiger partial charge on any atom is -0.494 e. The van der Waals surface area contributed by atoms with Gasteiger partial charge in [0.1, 0.15) is 19.0 Å². The lowest BCUT2D eigenvalue weighted by atomic mass is 9.82. The molecule has 0 bridgehead atoms. The van der Waals surface area contributed by atoms with Crippen molar-refractivity contribution in [2.24, 2.45) is 4.99 Å². The minimum absolute atomic E-state index is 0.0614. The molecule has 1 amide bonds. The minimum atomic E-state index is -1.34. The van der Waals surface area contributed by atoms with E-state index in [-0.39, 0.29) is 18.9 Å². The molecule has 290 valence electrons. The summed E-state index contributed by atoms with van der Waals surface area (Å²) in [6.45, 7) is 1.62. The second-order valence-corrected chi connectivity index (χ2v) is 14.7. The Morgan fingerprint density at radius 1 is 0.719 bits per heavy atom. The molecule has 1 aliphatic heterocycles. The van der Waals surface area contributed by atoms with E-state index in [9.17, 15) is 4.79 Å². The Morgan fingerprint density at radius 2 is 1.35 bits per heavy atom. The number of nitrogens with one attached hydrogen (secondary N) is 1. The topological polar surface area (TPSA) is 98.6 Å². The summed E-state index contributed by atoms with van der Waals surface area (Å²) in [6, 6.07) is 51.1. The molecule has 7 rings (SSSR count). The van der Waals surface area contributed by atoms with Crippen molar-refractivity contribution in [2.45, 2.75) is 44.1 Å². The van der Waals surface area contributed by atoms with E-state index in [0.717, 1.165) is 37.9 Å². The number of aliphatic hydroxyl groups excluding tert-OH is 1. The Bertz CT molecular complexity index is 2240. The van der Waals surface area contributed by atoms with Crippen LogP contribution in [-0.4, -0.2) is 42.2 Å². The molecular formula is C48H45BrN2O6. The fraction of sp³-hybridized carbons (Fsp3) is 0.208. The van der Waals surface area contributed by atoms with Gasteiger partial charge in [0.15, 0.2) is 23.1 Å². The number of nitrogens with zero attached hydrogens (tertiary/aromatic N) is 1. The van der Waals surface area contributed by atoms with Crippen LogP contribution in [0.15, 0.2) is 167 Å². The molecule has 0 spiro atoms. The van der Waals surface area contributed by atoms with Gasteiger partial charge in [-0.05, 0) is 76.7 Å². The zero-order valence-corrected chi connectivity index (χ0v) is 33.1. The van der Waals surface area contributed by atoms with E-state index < -0.39 is 11.6 Å². The average Bonchev–Trinajstić information content (AvgIpc) is 3.65. The number of benzene rings is 6. The van der Waals surface area contributed by atoms with Gasteiger partial charge in [0.2, 0.25) is 5.90 Å². The van der Waals surface area contributed by atoms with E-state index in [1.54, 1.807) is 0 Å². The Labute approximate surface area is 342 Å². The lowest BCUT2D eigenvalue weighted by molar-refractivity contribution is -0.128. The van der Waals surface area contributed by atoms with Crippen LogP contribution in [0.1, 0.15) is 45.9 Å². The van der Waals surface area contributed by atoms with Crippen LogP contribution in [0.4, 0.5) is 0 Å². The van der Waals surface area contributed by atoms with Gasteiger partial charge in [-0.25, -0.2) is 4.99 Å². The Hall–Kier alpha value is -5.90. The van der Waals surface area contributed by atoms with Crippen LogP contribution in [0.3, 0.4) is 0 Å². The average molecular weight is 826 g/mol. The van der Waals surface area contributed by atoms with E-state index in [0.29, 0.717) is 62.4 Å². The number of carbonyl (C=O) groups excluding carboxylic acids is 1. The van der Waals surface area contributed by atoms with Gasteiger partial charge in [-0.15, -0.1) is 0 Å². The van der Waals surface area contributed by atoms with Crippen molar-refractivity contribution in [1.29, 1.82) is 0 Å². The first kappa shape index (κ1) is 39.3. The van der Waals surface area contributed by atoms with Crippen molar-refractivity contribution in [3.63, 3.8) is 0 Å². The maximum Gasteiger partial charge on any atom is 0.252 e. The monoisotopic (exact) mass is 824 g/mol. The van der Waals surface area contributed by atoms with Crippen molar-refractivity contribution in [2.75, 3.05) is 19.8 Å². The predicted molar refractivity (Wildman–Crippen MR) is 226 cm³/mol. The van der Waals surface area contributed by atoms with Crippen LogP contribution in [0.5, 0.6) is 17.2 Å². The number of aliphatic hydroxyl groups is 1. The quantitative estimate of drug-likeness (QED) is 0.0840. The molecule has 0 saturated heterocycles. The summed E-state index contributed by atoms with van der Waals surface area (Å²) in [5, 5.41) is 12.4. The van der Waals surface area contributed by atoms with Gasteiger partial charge >= 0.3 is 0 Å². The molecule has 2 N–H and O–H groups in total. The van der Waals surface area contributed by atoms with Crippen LogP contribution < -0.4 is 19.5 Å². The summed E-state index contributed by atoms with van der Waals surface area (Å²) in [5.74, 6) is 2.09. The highest BCUT2D eigenvalue weighted by Crippen LogP contribution is 2.43. The van der Waals surface area contributed by atoms with E-state index in [1.807, 2.05) is 158 Å². The number of aliphatic imine (C=N–C) groups is 1. The zero-order chi connectivity index (χ0) is 39.3. The molecule has 0 unspecified atom stereocenters. The van der Waals surface area contributed by atoms with Gasteiger partial charge in [0.05, 0.1) is 6.61 Å². The SMILES string of the molecule is O=C(NCCc1ccc(OCc2ccccc2)c(OCc2ccccc2)c1)[C@]1(Cc2ccccc2Br)N=C(c2ccc(OCCCO)cc2)O[C@@H]1c1ccccc1. The van der Waals surface area contributed by atoms with E-state index in [1.165, 1.54) is 0 Å². The normalized spacial score (nSPS) is 16.0. The third-order valence-electron chi connectivity index (χ3n) is 9.73. The molecule has 6 aromatic carbocycles. The molecular weight excluding hydrogens is 780 g/mol. The first-order valence-electron chi connectivity index (χ1n) is 19.1. The number of ether oxygens (including phenoxy) is 4. The summed E-state index contributed by atoms with van der Waals surface area (Å²) in [5.41, 5.74) is 4.26. The number of hydrogen-bond acceptors (Lipinski definition) is 7. The van der Waals surface area contributed by atoms with Crippen LogP contribution in [0.2, 0.25) is 0 Å². The third-order valence-corrected chi connectivity index (χ3v) is 10.5. The highest BCUT2D eigenvalue weighted by molar-refractivity contribution is 9.10. The van der Waals surface area contributed by atoms with E-state index in [4.69, 9.17) is 29.0 Å². The van der Waals surface area contributed by atoms with Crippen LogP contribution in [0.25, 0.3) is 0 Å². The second-order valence-electron chi connectivity index (χ2n) is 13.8. The zero-order valence-electron chi connectivity index (χ0n) is 31.6. The van der Waals surface area contributed by atoms with Crippen molar-refractivity contribution >= 4 is 27.7 Å². The van der Waals surface area contributed by atoms with E-state index >= 15 is 0 Å². The van der Waals surface area contributed by atoms with Gasteiger partial charge in [-0.2, -0.15) is 0 Å². The van der Waals surface area contributed by atoms with Crippen molar-refractivity contribution in [1.82, 2.24) is 5.32 Å². The largest absolute Gasteiger partial charge is 0.494 e. The highest BCUT2D eigenvalue weighted by atomic mass is 79.9. The summed E-state index contributed by atoms with van der Waals surface area (Å²) in [6.07, 6.45) is 0.667. The smallest absolute Gasteiger partial charge is 0.252 e. The molecule has 1 aliphatic rings. The molecule has 0 saturated carbocycles. The standard InChI is InChI=1S/C48H45BrN2O6/c49-42-20-11-10-19-40(42)32-48(45(38-17-8-3-9-18-38)57-46(51-48)39-22-24-41(25-23-39)54-30-12-29-52)47(53)50-28-27-35-21-26-43(55-33-36-13-4-1-5-14-36)44(31-35)56-34-37-15-6-2-7-16-37/h1-11,13-26,31,45,52H,12,27-30,32-34H2,(H,50,53)/t45-,48-/m1/s1. The second kappa shape index (κ2) is 19.3. The van der Waals surface area contributed by atoms with Crippen LogP contribution >= 0.6 is 15.9 Å². The molecule has 8 nitrogen and oxygen atoms in total. The van der Waals surface area contributed by atoms with Crippen molar-refractivity contribution < 1.29 is 28.8 Å². The number of rotatable bonds is 18. The lowest BCUT2D eigenvalue weighted by Crippen LogP contribution is -2.50. The fourth-order valence-electron chi connectivity index (χ4n) is 6.73. The van der Waals surface area contributed by atoms with Crippen molar-refractivity contribution in [3.8, 4) is 17.2 Å². The van der Waals surface area contributed by atoms with Gasteiger partial charge in [0, 0.05) is 36.0 Å². The molecule has 9 heteroatoms. The highest BCUT2D eigenvalue weighted by Gasteiger charge is 2.53. The molecule has 0 aromatic heterocycles. The maximum absolute atomic E-state index is 14.8. The first-order chi connectivity index (χ1) is 28.0. The molecule has 57 heavy (non-hydrogen) atoms. The predicted octanol–water partition coefficient (Wildman–Crippen LogP) is 9.23. The first-order valence-corrected chi connectivity index (χ1v) is 19.9. The molecule has 6 aromatic rings. The Kier molecular flexibility index (Phi) is 13.3. The van der Waals surface area contributed by atoms with Gasteiger partial charge in [-0.3, -0.25) is 4.79 Å². The Morgan fingerprint density at radius 3 is 2.02 bits per heavy atom. The lowest BCUT2D eigenvalue weighted by Gasteiger charge is -2.31. The van der Waals surface area contributed by atoms with E-state index in [2.05, 4.69) is 21.2 Å². The van der Waals surface area contributed by atoms with Crippen molar-refractivity contribution in [3.05, 3.63) is 196 Å². The maximum atomic E-state index is 14.8. The summed E-state index contributed by atoms with van der Waals surface area (Å²) in [7, 11) is 0. The molecule has 0 aliphatic carbocycles. The number of amides is 1. The molecule has 0 fully saturated rings. The summed E-state index contributed by atoms with van der Waals surface area (Å²) in [4.78, 5) is 20.0. The van der Waals surface area contributed by atoms with Gasteiger partial charge in [0.25, 0.3) is 5.91 Å². The number of halogens is 1. The number of hydrogen-bond donors (Lipinski definition) is 2. The third kappa shape index (κ3) is 10.1. The van der Waals surface area contributed by atoms with Crippen LogP contribution in [0, 0.1) is 0 Å². The molecule has 1 heterocycles. The number of carbonyl (C=O) groups is 1. The summed E-state index contributed by atoms with van der Waals surface area (Å²) >= 11 is 3.72.